The molecule has 0 heterocycles. The lowest BCUT2D eigenvalue weighted by Crippen LogP contribution is -2.47. The maximum Gasteiger partial charge on any atom is 0.246 e. The van der Waals surface area contributed by atoms with Gasteiger partial charge in [-0.1, -0.05) is 79.2 Å². The van der Waals surface area contributed by atoms with E-state index in [0.29, 0.717) is 12.2 Å². The van der Waals surface area contributed by atoms with Gasteiger partial charge in [-0.15, -0.1) is 0 Å². The standard InChI is InChI=1S/C15H20Cl3NO2/c1-2-3-4-8-11-13(20)19-14(15(16,17)18)21-12-9-6-5-7-10-12/h5-7,9-10,14H,2-4,8,11H2,1H3,(H,19,20)/t14-/m0/s1. The molecule has 0 bridgehead atoms. The van der Waals surface area contributed by atoms with Crippen LogP contribution in [-0.2, 0) is 4.79 Å². The van der Waals surface area contributed by atoms with Crippen molar-refractivity contribution in [3.63, 3.8) is 0 Å². The molecule has 0 radical (unpaired) electrons. The first kappa shape index (κ1) is 18.4. The fourth-order valence-electron chi connectivity index (χ4n) is 1.74. The van der Waals surface area contributed by atoms with Gasteiger partial charge in [-0.3, -0.25) is 4.79 Å². The summed E-state index contributed by atoms with van der Waals surface area (Å²) in [6.07, 6.45) is 3.44. The summed E-state index contributed by atoms with van der Waals surface area (Å²) in [6.45, 7) is 2.12. The van der Waals surface area contributed by atoms with E-state index in [0.717, 1.165) is 25.7 Å². The Morgan fingerprint density at radius 1 is 1.19 bits per heavy atom. The molecule has 3 nitrogen and oxygen atoms in total. The molecule has 1 N–H and O–H groups in total. The Bertz CT molecular complexity index is 421. The molecule has 6 heteroatoms. The van der Waals surface area contributed by atoms with Crippen molar-refractivity contribution in [2.24, 2.45) is 0 Å². The Morgan fingerprint density at radius 2 is 1.86 bits per heavy atom. The number of rotatable bonds is 8. The summed E-state index contributed by atoms with van der Waals surface area (Å²) in [7, 11) is 0. The van der Waals surface area contributed by atoms with E-state index in [2.05, 4.69) is 12.2 Å². The molecule has 1 aromatic carbocycles. The van der Waals surface area contributed by atoms with Gasteiger partial charge in [0.25, 0.3) is 0 Å². The number of unbranched alkanes of at least 4 members (excludes halogenated alkanes) is 3. The Kier molecular flexibility index (Phi) is 8.23. The number of carbonyl (C=O) groups is 1. The van der Waals surface area contributed by atoms with Crippen LogP contribution in [-0.4, -0.2) is 15.9 Å². The molecule has 21 heavy (non-hydrogen) atoms. The molecule has 0 spiro atoms. The third kappa shape index (κ3) is 7.79. The molecule has 0 fully saturated rings. The molecule has 1 amide bonds. The first-order valence-electron chi connectivity index (χ1n) is 7.01. The van der Waals surface area contributed by atoms with Gasteiger partial charge in [-0.25, -0.2) is 0 Å². The minimum Gasteiger partial charge on any atom is -0.466 e. The van der Waals surface area contributed by atoms with Crippen LogP contribution in [0.25, 0.3) is 0 Å². The van der Waals surface area contributed by atoms with E-state index in [1.165, 1.54) is 0 Å². The zero-order chi connectivity index (χ0) is 15.7. The molecule has 118 valence electrons. The van der Waals surface area contributed by atoms with Crippen LogP contribution in [0.15, 0.2) is 30.3 Å². The van der Waals surface area contributed by atoms with E-state index < -0.39 is 10.0 Å². The van der Waals surface area contributed by atoms with Crippen LogP contribution >= 0.6 is 34.8 Å². The number of hydrogen-bond donors (Lipinski definition) is 1. The molecule has 0 saturated heterocycles. The van der Waals surface area contributed by atoms with Gasteiger partial charge in [0.2, 0.25) is 15.9 Å². The monoisotopic (exact) mass is 351 g/mol. The van der Waals surface area contributed by atoms with E-state index in [9.17, 15) is 4.79 Å². The number of para-hydroxylation sites is 1. The average molecular weight is 353 g/mol. The van der Waals surface area contributed by atoms with Crippen LogP contribution in [0.4, 0.5) is 0 Å². The van der Waals surface area contributed by atoms with E-state index in [1.54, 1.807) is 24.3 Å². The number of amides is 1. The number of alkyl halides is 3. The SMILES string of the molecule is CCCCCCC(=O)N[C@@H](Oc1ccccc1)C(Cl)(Cl)Cl. The molecule has 1 aromatic rings. The summed E-state index contributed by atoms with van der Waals surface area (Å²) in [5.41, 5.74) is 0. The molecule has 0 aliphatic heterocycles. The Morgan fingerprint density at radius 3 is 2.43 bits per heavy atom. The van der Waals surface area contributed by atoms with E-state index in [-0.39, 0.29) is 5.91 Å². The van der Waals surface area contributed by atoms with E-state index >= 15 is 0 Å². The second-order valence-corrected chi connectivity index (χ2v) is 7.10. The van der Waals surface area contributed by atoms with E-state index in [4.69, 9.17) is 39.5 Å². The summed E-state index contributed by atoms with van der Waals surface area (Å²) < 4.78 is 3.81. The predicted molar refractivity (Wildman–Crippen MR) is 88.0 cm³/mol. The summed E-state index contributed by atoms with van der Waals surface area (Å²) in [6, 6.07) is 8.92. The Hall–Kier alpha value is -0.640. The molecule has 1 rings (SSSR count). The normalized spacial score (nSPS) is 12.8. The Balaban J connectivity index is 2.53. The second-order valence-electron chi connectivity index (χ2n) is 4.73. The fourth-order valence-corrected chi connectivity index (χ4v) is 2.04. The summed E-state index contributed by atoms with van der Waals surface area (Å²) >= 11 is 17.6. The summed E-state index contributed by atoms with van der Waals surface area (Å²) in [5, 5.41) is 2.63. The van der Waals surface area contributed by atoms with Crippen molar-refractivity contribution < 1.29 is 9.53 Å². The van der Waals surface area contributed by atoms with Crippen LogP contribution in [0.1, 0.15) is 39.0 Å². The fraction of sp³-hybridized carbons (Fsp3) is 0.533. The molecule has 1 atom stereocenters. The molecule has 0 unspecified atom stereocenters. The van der Waals surface area contributed by atoms with Gasteiger partial charge < -0.3 is 10.1 Å². The van der Waals surface area contributed by atoms with Gasteiger partial charge in [0.15, 0.2) is 0 Å². The first-order chi connectivity index (χ1) is 9.93. The van der Waals surface area contributed by atoms with Crippen LogP contribution < -0.4 is 10.1 Å². The summed E-state index contributed by atoms with van der Waals surface area (Å²) in [4.78, 5) is 11.9. The highest BCUT2D eigenvalue weighted by molar-refractivity contribution is 6.68. The van der Waals surface area contributed by atoms with Gasteiger partial charge in [0, 0.05) is 6.42 Å². The van der Waals surface area contributed by atoms with Crippen LogP contribution in [0.3, 0.4) is 0 Å². The predicted octanol–water partition coefficient (Wildman–Crippen LogP) is 4.85. The lowest BCUT2D eigenvalue weighted by atomic mass is 10.1. The minimum absolute atomic E-state index is 0.182. The van der Waals surface area contributed by atoms with Crippen molar-refractivity contribution in [3.8, 4) is 5.75 Å². The average Bonchev–Trinajstić information content (AvgIpc) is 2.43. The molecular formula is C15H20Cl3NO2. The Labute approximate surface area is 140 Å². The number of halogens is 3. The highest BCUT2D eigenvalue weighted by atomic mass is 35.6. The lowest BCUT2D eigenvalue weighted by Gasteiger charge is -2.26. The van der Waals surface area contributed by atoms with Crippen molar-refractivity contribution in [3.05, 3.63) is 30.3 Å². The third-order valence-electron chi connectivity index (χ3n) is 2.84. The van der Waals surface area contributed by atoms with Crippen molar-refractivity contribution in [2.45, 2.75) is 49.0 Å². The van der Waals surface area contributed by atoms with Crippen molar-refractivity contribution in [2.75, 3.05) is 0 Å². The quantitative estimate of drug-likeness (QED) is 0.412. The number of nitrogens with one attached hydrogen (secondary N) is 1. The van der Waals surface area contributed by atoms with Crippen molar-refractivity contribution in [1.82, 2.24) is 5.32 Å². The van der Waals surface area contributed by atoms with Crippen molar-refractivity contribution >= 4 is 40.7 Å². The first-order valence-corrected chi connectivity index (χ1v) is 8.14. The zero-order valence-corrected chi connectivity index (χ0v) is 14.2. The van der Waals surface area contributed by atoms with Gasteiger partial charge in [0.05, 0.1) is 0 Å². The van der Waals surface area contributed by atoms with Gasteiger partial charge in [-0.2, -0.15) is 0 Å². The third-order valence-corrected chi connectivity index (χ3v) is 3.44. The maximum atomic E-state index is 11.9. The molecule has 0 saturated carbocycles. The zero-order valence-electron chi connectivity index (χ0n) is 12.0. The van der Waals surface area contributed by atoms with Crippen molar-refractivity contribution in [1.29, 1.82) is 0 Å². The van der Waals surface area contributed by atoms with E-state index in [1.807, 2.05) is 6.07 Å². The molecule has 0 aliphatic carbocycles. The van der Waals surface area contributed by atoms with Crippen LogP contribution in [0.2, 0.25) is 0 Å². The summed E-state index contributed by atoms with van der Waals surface area (Å²) in [5.74, 6) is 0.346. The largest absolute Gasteiger partial charge is 0.466 e. The van der Waals surface area contributed by atoms with Gasteiger partial charge >= 0.3 is 0 Å². The minimum atomic E-state index is -1.74. The maximum absolute atomic E-state index is 11.9. The van der Waals surface area contributed by atoms with Crippen LogP contribution in [0, 0.1) is 0 Å². The second kappa shape index (κ2) is 9.39. The molecule has 0 aliphatic rings. The number of carbonyl (C=O) groups excluding carboxylic acids is 1. The topological polar surface area (TPSA) is 38.3 Å². The number of ether oxygens (including phenoxy) is 1. The highest BCUT2D eigenvalue weighted by Crippen LogP contribution is 2.32. The molecule has 0 aromatic heterocycles. The lowest BCUT2D eigenvalue weighted by molar-refractivity contribution is -0.123. The number of benzene rings is 1. The van der Waals surface area contributed by atoms with Crippen LogP contribution in [0.5, 0.6) is 5.75 Å². The highest BCUT2D eigenvalue weighted by Gasteiger charge is 2.36. The smallest absolute Gasteiger partial charge is 0.246 e. The molecular weight excluding hydrogens is 333 g/mol. The van der Waals surface area contributed by atoms with Gasteiger partial charge in [-0.05, 0) is 18.6 Å². The van der Waals surface area contributed by atoms with Gasteiger partial charge in [0.1, 0.15) is 5.75 Å². The number of hydrogen-bond acceptors (Lipinski definition) is 2.